The number of hydrogen-bond acceptors (Lipinski definition) is 4. The molecule has 1 heterocycles. The first-order valence-electron chi connectivity index (χ1n) is 10.9. The first-order valence-corrected chi connectivity index (χ1v) is 10.9. The molecule has 0 spiro atoms. The van der Waals surface area contributed by atoms with E-state index in [1.165, 1.54) is 10.9 Å². The highest BCUT2D eigenvalue weighted by molar-refractivity contribution is 6.17. The van der Waals surface area contributed by atoms with Crippen molar-refractivity contribution in [2.45, 2.75) is 20.8 Å². The van der Waals surface area contributed by atoms with Crippen LogP contribution in [0.5, 0.6) is 0 Å². The number of rotatable bonds is 3. The Kier molecular flexibility index (Phi) is 4.93. The van der Waals surface area contributed by atoms with Crippen LogP contribution in [-0.4, -0.2) is 27.6 Å². The quantitative estimate of drug-likeness (QED) is 0.621. The monoisotopic (exact) mass is 437 g/mol. The molecule has 0 saturated carbocycles. The van der Waals surface area contributed by atoms with Gasteiger partial charge < -0.3 is 0 Å². The third kappa shape index (κ3) is 3.35. The summed E-state index contributed by atoms with van der Waals surface area (Å²) in [7, 11) is 0. The van der Waals surface area contributed by atoms with Crippen molar-refractivity contribution in [3.8, 4) is 5.69 Å². The Bertz CT molecular complexity index is 1470. The summed E-state index contributed by atoms with van der Waals surface area (Å²) in [5.41, 5.74) is 5.20. The summed E-state index contributed by atoms with van der Waals surface area (Å²) in [6, 6.07) is 12.7. The van der Waals surface area contributed by atoms with Crippen LogP contribution >= 0.6 is 0 Å². The molecular formula is C27H23N3O3. The summed E-state index contributed by atoms with van der Waals surface area (Å²) in [4.78, 5) is 43.9. The summed E-state index contributed by atoms with van der Waals surface area (Å²) in [5.74, 6) is -1.47. The average molecular weight is 437 g/mol. The zero-order chi connectivity index (χ0) is 23.3. The number of nitrogens with zero attached hydrogens (tertiary/aromatic N) is 2. The highest BCUT2D eigenvalue weighted by atomic mass is 16.1. The molecule has 3 aromatic rings. The number of carbonyl (C=O) groups is 2. The third-order valence-corrected chi connectivity index (χ3v) is 6.51. The first kappa shape index (κ1) is 20.8. The van der Waals surface area contributed by atoms with Crippen LogP contribution in [0.3, 0.4) is 0 Å². The van der Waals surface area contributed by atoms with Crippen LogP contribution in [0, 0.1) is 32.6 Å². The third-order valence-electron chi connectivity index (χ3n) is 6.51. The molecule has 2 aromatic carbocycles. The molecular weight excluding hydrogens is 414 g/mol. The zero-order valence-electron chi connectivity index (χ0n) is 18.6. The van der Waals surface area contributed by atoms with Crippen LogP contribution in [0.15, 0.2) is 76.2 Å². The van der Waals surface area contributed by atoms with Gasteiger partial charge in [0.05, 0.1) is 28.8 Å². The number of aliphatic imine (C=N–C) groups is 1. The van der Waals surface area contributed by atoms with Gasteiger partial charge in [0.25, 0.3) is 5.56 Å². The van der Waals surface area contributed by atoms with Gasteiger partial charge >= 0.3 is 0 Å². The van der Waals surface area contributed by atoms with E-state index >= 15 is 0 Å². The van der Waals surface area contributed by atoms with Crippen LogP contribution in [0.25, 0.3) is 5.69 Å². The lowest BCUT2D eigenvalue weighted by Crippen LogP contribution is -2.37. The van der Waals surface area contributed by atoms with Gasteiger partial charge in [0.1, 0.15) is 0 Å². The predicted molar refractivity (Wildman–Crippen MR) is 128 cm³/mol. The molecule has 0 unspecified atom stereocenters. The Morgan fingerprint density at radius 3 is 2.39 bits per heavy atom. The topological polar surface area (TPSA) is 84.3 Å². The highest BCUT2D eigenvalue weighted by Crippen LogP contribution is 2.38. The van der Waals surface area contributed by atoms with Crippen molar-refractivity contribution in [3.05, 3.63) is 110 Å². The van der Waals surface area contributed by atoms with E-state index < -0.39 is 11.8 Å². The van der Waals surface area contributed by atoms with E-state index in [0.29, 0.717) is 28.1 Å². The maximum atomic E-state index is 13.2. The van der Waals surface area contributed by atoms with Crippen molar-refractivity contribution in [2.75, 3.05) is 0 Å². The van der Waals surface area contributed by atoms with Crippen LogP contribution < -0.4 is 5.56 Å². The van der Waals surface area contributed by atoms with Gasteiger partial charge in [0, 0.05) is 23.0 Å². The molecule has 1 N–H and O–H groups in total. The van der Waals surface area contributed by atoms with E-state index in [-0.39, 0.29) is 17.1 Å². The largest absolute Gasteiger partial charge is 0.295 e. The van der Waals surface area contributed by atoms with Crippen LogP contribution in [0.4, 0.5) is 0 Å². The van der Waals surface area contributed by atoms with E-state index in [2.05, 4.69) is 10.1 Å². The van der Waals surface area contributed by atoms with E-state index in [4.69, 9.17) is 0 Å². The summed E-state index contributed by atoms with van der Waals surface area (Å²) in [6.07, 6.45) is 6.74. The molecule has 0 aliphatic heterocycles. The minimum atomic E-state index is -0.685. The number of H-pyrrole nitrogens is 1. The molecule has 0 fully saturated rings. The fraction of sp³-hybridized carbons (Fsp3) is 0.185. The predicted octanol–water partition coefficient (Wildman–Crippen LogP) is 4.28. The second-order valence-electron chi connectivity index (χ2n) is 8.57. The fourth-order valence-electron chi connectivity index (χ4n) is 4.49. The van der Waals surface area contributed by atoms with Gasteiger partial charge in [-0.15, -0.1) is 0 Å². The molecule has 0 saturated heterocycles. The molecule has 164 valence electrons. The van der Waals surface area contributed by atoms with Crippen molar-refractivity contribution in [2.24, 2.45) is 16.8 Å². The van der Waals surface area contributed by atoms with Crippen LogP contribution in [0.2, 0.25) is 0 Å². The number of allylic oxidation sites excluding steroid dienone is 4. The number of benzene rings is 2. The van der Waals surface area contributed by atoms with Gasteiger partial charge in [-0.25, -0.2) is 4.68 Å². The number of hydrogen-bond donors (Lipinski definition) is 1. The Hall–Kier alpha value is -4.06. The van der Waals surface area contributed by atoms with Crippen molar-refractivity contribution >= 4 is 17.8 Å². The van der Waals surface area contributed by atoms with Crippen molar-refractivity contribution in [3.63, 3.8) is 0 Å². The van der Waals surface area contributed by atoms with Gasteiger partial charge in [0.2, 0.25) is 0 Å². The Morgan fingerprint density at radius 2 is 1.67 bits per heavy atom. The Balaban J connectivity index is 1.51. The van der Waals surface area contributed by atoms with E-state index in [1.807, 2.05) is 39.0 Å². The van der Waals surface area contributed by atoms with Gasteiger partial charge in [-0.3, -0.25) is 24.5 Å². The lowest BCUT2D eigenvalue weighted by Gasteiger charge is -2.30. The second-order valence-corrected chi connectivity index (χ2v) is 8.57. The van der Waals surface area contributed by atoms with E-state index in [1.54, 1.807) is 42.5 Å². The number of aryl methyl sites for hydroxylation is 3. The molecule has 2 atom stereocenters. The minimum absolute atomic E-state index is 0.0813. The molecule has 33 heavy (non-hydrogen) atoms. The molecule has 1 aromatic heterocycles. The molecule has 6 heteroatoms. The Labute approximate surface area is 191 Å². The maximum Gasteiger partial charge on any atom is 0.280 e. The number of carbonyl (C=O) groups excluding carboxylic acids is 2. The number of fused-ring (bicyclic) bond motifs is 2. The van der Waals surface area contributed by atoms with Crippen molar-refractivity contribution in [1.82, 2.24) is 9.78 Å². The van der Waals surface area contributed by atoms with Crippen LogP contribution in [-0.2, 0) is 0 Å². The van der Waals surface area contributed by atoms with Gasteiger partial charge in [-0.1, -0.05) is 42.5 Å². The summed E-state index contributed by atoms with van der Waals surface area (Å²) >= 11 is 0. The van der Waals surface area contributed by atoms with E-state index in [9.17, 15) is 14.4 Å². The fourth-order valence-corrected chi connectivity index (χ4v) is 4.49. The normalized spacial score (nSPS) is 19.5. The standard InChI is InChI=1S/C27H23N3O3/c1-15-11-12-18(13-16(15)2)30-27(33)22(17(3)29-30)14-28-23-10-6-9-21-24(23)26(32)20-8-5-4-7-19(20)25(21)31/h4-14,21,24,29H,1-3H3/t21-,24-/m0/s1. The number of Topliss-reactive ketones (excluding diaryl/α,β-unsaturated/α-hetero) is 2. The highest BCUT2D eigenvalue weighted by Gasteiger charge is 2.42. The molecule has 2 aliphatic rings. The van der Waals surface area contributed by atoms with Crippen molar-refractivity contribution in [1.29, 1.82) is 0 Å². The molecule has 0 amide bonds. The SMILES string of the molecule is Cc1ccc(-n2[nH]c(C)c(C=NC3=CC=C[C@@H]4C(=O)c5ccccc5C(=O)[C@H]34)c2=O)cc1C. The molecule has 0 radical (unpaired) electrons. The van der Waals surface area contributed by atoms with Crippen molar-refractivity contribution < 1.29 is 9.59 Å². The second kappa shape index (κ2) is 7.81. The molecule has 2 aliphatic carbocycles. The number of aromatic nitrogens is 2. The molecule has 0 bridgehead atoms. The van der Waals surface area contributed by atoms with Gasteiger partial charge in [0.15, 0.2) is 11.6 Å². The average Bonchev–Trinajstić information content (AvgIpc) is 3.10. The molecule has 6 nitrogen and oxygen atoms in total. The Morgan fingerprint density at radius 1 is 0.939 bits per heavy atom. The van der Waals surface area contributed by atoms with Crippen LogP contribution in [0.1, 0.15) is 43.1 Å². The lowest BCUT2D eigenvalue weighted by atomic mass is 9.71. The number of nitrogens with one attached hydrogen (secondary N) is 1. The maximum absolute atomic E-state index is 13.2. The zero-order valence-corrected chi connectivity index (χ0v) is 18.6. The summed E-state index contributed by atoms with van der Waals surface area (Å²) in [6.45, 7) is 5.83. The lowest BCUT2D eigenvalue weighted by molar-refractivity contribution is 0.0793. The van der Waals surface area contributed by atoms with Gasteiger partial charge in [-0.2, -0.15) is 0 Å². The number of ketones is 2. The minimum Gasteiger partial charge on any atom is -0.295 e. The van der Waals surface area contributed by atoms with Gasteiger partial charge in [-0.05, 0) is 50.1 Å². The number of aromatic amines is 1. The summed E-state index contributed by atoms with van der Waals surface area (Å²) in [5, 5.41) is 3.11. The van der Waals surface area contributed by atoms with E-state index in [0.717, 1.165) is 16.8 Å². The first-order chi connectivity index (χ1) is 15.9. The summed E-state index contributed by atoms with van der Waals surface area (Å²) < 4.78 is 1.49. The molecule has 5 rings (SSSR count). The smallest absolute Gasteiger partial charge is 0.280 e.